The molecule has 7 nitrogen and oxygen atoms in total. The van der Waals surface area contributed by atoms with Crippen molar-refractivity contribution in [1.82, 2.24) is 19.7 Å². The maximum absolute atomic E-state index is 13.5. The molecule has 4 rings (SSSR count). The van der Waals surface area contributed by atoms with E-state index in [1.165, 1.54) is 11.3 Å². The number of carbonyl (C=O) groups excluding carboxylic acids is 1. The molecule has 3 aromatic rings. The van der Waals surface area contributed by atoms with Crippen molar-refractivity contribution >= 4 is 56.6 Å². The summed E-state index contributed by atoms with van der Waals surface area (Å²) in [6.07, 6.45) is 0. The summed E-state index contributed by atoms with van der Waals surface area (Å²) in [7, 11) is 0. The molecule has 0 saturated carbocycles. The number of benzene rings is 1. The van der Waals surface area contributed by atoms with Crippen molar-refractivity contribution in [2.75, 3.05) is 44.3 Å². The second kappa shape index (κ2) is 10.3. The zero-order valence-corrected chi connectivity index (χ0v) is 20.3. The maximum Gasteiger partial charge on any atom is 0.280 e. The van der Waals surface area contributed by atoms with Gasteiger partial charge in [-0.25, -0.2) is 4.98 Å². The molecule has 0 spiro atoms. The van der Waals surface area contributed by atoms with E-state index in [-0.39, 0.29) is 18.3 Å². The lowest BCUT2D eigenvalue weighted by Crippen LogP contribution is -2.43. The number of rotatable bonds is 6. The minimum atomic E-state index is -0.124. The molecule has 0 aliphatic carbocycles. The van der Waals surface area contributed by atoms with Crippen molar-refractivity contribution < 1.29 is 9.53 Å². The highest BCUT2D eigenvalue weighted by Gasteiger charge is 2.25. The number of nitrogens with zero attached hydrogens (tertiary/aromatic N) is 5. The van der Waals surface area contributed by atoms with Crippen molar-refractivity contribution in [2.24, 2.45) is 0 Å². The number of halogens is 2. The number of hydrogen-bond donors (Lipinski definition) is 0. The Hall–Kier alpha value is -1.71. The smallest absolute Gasteiger partial charge is 0.280 e. The average molecular weight is 484 g/mol. The molecule has 1 saturated heterocycles. The Morgan fingerprint density at radius 2 is 2.03 bits per heavy atom. The van der Waals surface area contributed by atoms with Crippen molar-refractivity contribution in [3.8, 4) is 0 Å². The Kier molecular flexibility index (Phi) is 7.93. The Morgan fingerprint density at radius 1 is 1.29 bits per heavy atom. The number of aryl methyl sites for hydroxylation is 3. The van der Waals surface area contributed by atoms with E-state index in [2.05, 4.69) is 10.00 Å². The van der Waals surface area contributed by atoms with Gasteiger partial charge in [0, 0.05) is 43.4 Å². The summed E-state index contributed by atoms with van der Waals surface area (Å²) >= 11 is 7.80. The van der Waals surface area contributed by atoms with Crippen LogP contribution in [-0.2, 0) is 11.3 Å². The van der Waals surface area contributed by atoms with Gasteiger partial charge in [0.1, 0.15) is 0 Å². The van der Waals surface area contributed by atoms with Gasteiger partial charge in [0.25, 0.3) is 5.91 Å². The maximum atomic E-state index is 13.5. The van der Waals surface area contributed by atoms with Gasteiger partial charge in [0.2, 0.25) is 0 Å². The highest BCUT2D eigenvalue weighted by molar-refractivity contribution is 7.22. The van der Waals surface area contributed by atoms with Gasteiger partial charge < -0.3 is 4.74 Å². The molecule has 0 unspecified atom stereocenters. The van der Waals surface area contributed by atoms with Gasteiger partial charge in [0.05, 0.1) is 23.4 Å². The zero-order chi connectivity index (χ0) is 21.3. The normalized spacial score (nSPS) is 14.6. The Labute approximate surface area is 197 Å². The van der Waals surface area contributed by atoms with Gasteiger partial charge in [-0.2, -0.15) is 5.10 Å². The first kappa shape index (κ1) is 23.9. The van der Waals surface area contributed by atoms with E-state index in [1.807, 2.05) is 43.7 Å². The minimum Gasteiger partial charge on any atom is -0.379 e. The molecule has 1 amide bonds. The number of morpholine rings is 1. The predicted octanol–water partition coefficient (Wildman–Crippen LogP) is 4.18. The van der Waals surface area contributed by atoms with Gasteiger partial charge >= 0.3 is 0 Å². The largest absolute Gasteiger partial charge is 0.379 e. The third-order valence-corrected chi connectivity index (χ3v) is 6.91. The third kappa shape index (κ3) is 5.04. The Morgan fingerprint density at radius 3 is 2.71 bits per heavy atom. The number of amides is 1. The summed E-state index contributed by atoms with van der Waals surface area (Å²) in [6.45, 7) is 11.2. The monoisotopic (exact) mass is 483 g/mol. The van der Waals surface area contributed by atoms with Gasteiger partial charge in [-0.1, -0.05) is 22.9 Å². The van der Waals surface area contributed by atoms with Gasteiger partial charge in [-0.15, -0.1) is 12.4 Å². The molecule has 3 heterocycles. The molecule has 0 atom stereocenters. The van der Waals surface area contributed by atoms with E-state index in [9.17, 15) is 4.79 Å². The first-order chi connectivity index (χ1) is 14.5. The highest BCUT2D eigenvalue weighted by atomic mass is 35.5. The molecule has 1 fully saturated rings. The number of thiazole rings is 1. The topological polar surface area (TPSA) is 63.5 Å². The van der Waals surface area contributed by atoms with Crippen molar-refractivity contribution in [3.05, 3.63) is 40.2 Å². The predicted molar refractivity (Wildman–Crippen MR) is 128 cm³/mol. The molecule has 2 aromatic heterocycles. The fourth-order valence-corrected chi connectivity index (χ4v) is 4.83. The molecule has 1 aliphatic rings. The highest BCUT2D eigenvalue weighted by Crippen LogP contribution is 2.34. The van der Waals surface area contributed by atoms with Crippen LogP contribution >= 0.6 is 35.3 Å². The van der Waals surface area contributed by atoms with E-state index in [0.29, 0.717) is 22.4 Å². The molecular weight excluding hydrogens is 457 g/mol. The molecule has 0 bridgehead atoms. The summed E-state index contributed by atoms with van der Waals surface area (Å²) in [4.78, 5) is 22.3. The summed E-state index contributed by atoms with van der Waals surface area (Å²) in [5.41, 5.74) is 3.21. The zero-order valence-electron chi connectivity index (χ0n) is 17.9. The Balaban J connectivity index is 0.00000272. The van der Waals surface area contributed by atoms with Crippen LogP contribution < -0.4 is 4.90 Å². The van der Waals surface area contributed by atoms with Gasteiger partial charge in [-0.3, -0.25) is 19.3 Å². The van der Waals surface area contributed by atoms with E-state index in [1.54, 1.807) is 4.90 Å². The fraction of sp³-hybridized carbons (Fsp3) is 0.476. The standard InChI is InChI=1S/C21H26ClN5O2S.ClH/c1-4-27-14(2)13-17(24-27)20(28)26(8-7-25-9-11-29-12-10-25)21-23-19-15(3)16(22)5-6-18(19)30-21;/h5-6,13H,4,7-12H2,1-3H3;1H. The first-order valence-corrected chi connectivity index (χ1v) is 11.4. The minimum absolute atomic E-state index is 0. The van der Waals surface area contributed by atoms with E-state index < -0.39 is 0 Å². The van der Waals surface area contributed by atoms with Crippen LogP contribution in [0, 0.1) is 13.8 Å². The van der Waals surface area contributed by atoms with Crippen LogP contribution in [0.3, 0.4) is 0 Å². The molecule has 0 radical (unpaired) electrons. The lowest BCUT2D eigenvalue weighted by molar-refractivity contribution is 0.0391. The summed E-state index contributed by atoms with van der Waals surface area (Å²) in [6, 6.07) is 5.70. The second-order valence-electron chi connectivity index (χ2n) is 7.41. The average Bonchev–Trinajstić information content (AvgIpc) is 3.35. The van der Waals surface area contributed by atoms with E-state index in [4.69, 9.17) is 21.3 Å². The molecule has 10 heteroatoms. The SMILES string of the molecule is CCn1nc(C(=O)N(CCN2CCOCC2)c2nc3c(C)c(Cl)ccc3s2)cc1C.Cl. The lowest BCUT2D eigenvalue weighted by atomic mass is 10.2. The second-order valence-corrected chi connectivity index (χ2v) is 8.83. The van der Waals surface area contributed by atoms with Crippen LogP contribution in [0.1, 0.15) is 28.7 Å². The fourth-order valence-electron chi connectivity index (χ4n) is 3.63. The third-order valence-electron chi connectivity index (χ3n) is 5.46. The van der Waals surface area contributed by atoms with Gasteiger partial charge in [0.15, 0.2) is 10.8 Å². The van der Waals surface area contributed by atoms with E-state index >= 15 is 0 Å². The number of fused-ring (bicyclic) bond motifs is 1. The molecule has 168 valence electrons. The molecule has 31 heavy (non-hydrogen) atoms. The van der Waals surface area contributed by atoms with Crippen molar-refractivity contribution in [1.29, 1.82) is 0 Å². The van der Waals surface area contributed by atoms with Crippen LogP contribution in [0.15, 0.2) is 18.2 Å². The first-order valence-electron chi connectivity index (χ1n) is 10.2. The van der Waals surface area contributed by atoms with Crippen molar-refractivity contribution in [2.45, 2.75) is 27.3 Å². The summed E-state index contributed by atoms with van der Waals surface area (Å²) < 4.78 is 8.31. The van der Waals surface area contributed by atoms with Crippen LogP contribution in [0.5, 0.6) is 0 Å². The number of ether oxygens (including phenoxy) is 1. The summed E-state index contributed by atoms with van der Waals surface area (Å²) in [5.74, 6) is -0.124. The molecule has 1 aromatic carbocycles. The van der Waals surface area contributed by atoms with E-state index in [0.717, 1.165) is 60.9 Å². The number of anilines is 1. The van der Waals surface area contributed by atoms with Crippen LogP contribution in [0.2, 0.25) is 5.02 Å². The van der Waals surface area contributed by atoms with Crippen LogP contribution in [0.25, 0.3) is 10.2 Å². The summed E-state index contributed by atoms with van der Waals surface area (Å²) in [5, 5.41) is 5.86. The van der Waals surface area contributed by atoms with Crippen LogP contribution in [0.4, 0.5) is 5.13 Å². The molecular formula is C21H27Cl2N5O2S. The van der Waals surface area contributed by atoms with Gasteiger partial charge in [-0.05, 0) is 44.5 Å². The molecule has 0 N–H and O–H groups in total. The number of hydrogen-bond acceptors (Lipinski definition) is 6. The van der Waals surface area contributed by atoms with Crippen LogP contribution in [-0.4, -0.2) is 65.0 Å². The lowest BCUT2D eigenvalue weighted by Gasteiger charge is -2.29. The van der Waals surface area contributed by atoms with Crippen molar-refractivity contribution in [3.63, 3.8) is 0 Å². The number of aromatic nitrogens is 3. The Bertz CT molecular complexity index is 1060. The number of carbonyl (C=O) groups is 1. The molecule has 1 aliphatic heterocycles. The quantitative estimate of drug-likeness (QED) is 0.525.